The lowest BCUT2D eigenvalue weighted by atomic mass is 10.2. The van der Waals surface area contributed by atoms with E-state index in [1.54, 1.807) is 18.2 Å². The third-order valence-electron chi connectivity index (χ3n) is 2.44. The Morgan fingerprint density at radius 2 is 2.00 bits per heavy atom. The molecule has 0 atom stereocenters. The number of benzene rings is 2. The van der Waals surface area contributed by atoms with E-state index >= 15 is 0 Å². The van der Waals surface area contributed by atoms with E-state index in [9.17, 15) is 5.11 Å². The molecule has 0 unspecified atom stereocenters. The topological polar surface area (TPSA) is 52.8 Å². The molecule has 2 aromatic rings. The summed E-state index contributed by atoms with van der Waals surface area (Å²) in [5.41, 5.74) is 2.05. The van der Waals surface area contributed by atoms with Crippen molar-refractivity contribution in [1.82, 2.24) is 0 Å². The fourth-order valence-corrected chi connectivity index (χ4v) is 1.69. The third-order valence-corrected chi connectivity index (χ3v) is 2.67. The van der Waals surface area contributed by atoms with E-state index in [0.717, 1.165) is 5.56 Å². The SMILES string of the molecule is OCc1cccc(N=Cc2cc(Cl)ccc2O)c1. The number of hydrogen-bond acceptors (Lipinski definition) is 3. The molecule has 2 rings (SSSR count). The first-order valence-corrected chi connectivity index (χ1v) is 5.79. The zero-order valence-corrected chi connectivity index (χ0v) is 10.3. The first-order valence-electron chi connectivity index (χ1n) is 5.41. The molecule has 0 aliphatic heterocycles. The number of rotatable bonds is 3. The highest BCUT2D eigenvalue weighted by Crippen LogP contribution is 2.21. The normalized spacial score (nSPS) is 11.0. The molecule has 18 heavy (non-hydrogen) atoms. The van der Waals surface area contributed by atoms with Crippen LogP contribution >= 0.6 is 11.6 Å². The second-order valence-corrected chi connectivity index (χ2v) is 4.23. The van der Waals surface area contributed by atoms with Crippen LogP contribution in [0.1, 0.15) is 11.1 Å². The average molecular weight is 262 g/mol. The van der Waals surface area contributed by atoms with Gasteiger partial charge in [-0.3, -0.25) is 4.99 Å². The van der Waals surface area contributed by atoms with Gasteiger partial charge in [0.15, 0.2) is 0 Å². The van der Waals surface area contributed by atoms with Gasteiger partial charge in [-0.15, -0.1) is 0 Å². The van der Waals surface area contributed by atoms with Crippen molar-refractivity contribution in [1.29, 1.82) is 0 Å². The molecule has 0 saturated heterocycles. The van der Waals surface area contributed by atoms with Crippen LogP contribution in [0.3, 0.4) is 0 Å². The lowest BCUT2D eigenvalue weighted by Crippen LogP contribution is -1.83. The highest BCUT2D eigenvalue weighted by molar-refractivity contribution is 6.30. The summed E-state index contributed by atoms with van der Waals surface area (Å²) < 4.78 is 0. The lowest BCUT2D eigenvalue weighted by Gasteiger charge is -2.00. The van der Waals surface area contributed by atoms with E-state index in [1.165, 1.54) is 12.3 Å². The molecule has 4 heteroatoms. The van der Waals surface area contributed by atoms with Crippen LogP contribution in [0.15, 0.2) is 47.5 Å². The Morgan fingerprint density at radius 3 is 2.78 bits per heavy atom. The third kappa shape index (κ3) is 3.09. The van der Waals surface area contributed by atoms with Crippen molar-refractivity contribution in [3.8, 4) is 5.75 Å². The summed E-state index contributed by atoms with van der Waals surface area (Å²) in [5, 5.41) is 19.2. The minimum Gasteiger partial charge on any atom is -0.507 e. The highest BCUT2D eigenvalue weighted by Gasteiger charge is 1.99. The molecule has 0 heterocycles. The molecule has 0 saturated carbocycles. The molecular formula is C14H12ClNO2. The number of phenolic OH excluding ortho intramolecular Hbond substituents is 1. The zero-order chi connectivity index (χ0) is 13.0. The summed E-state index contributed by atoms with van der Waals surface area (Å²) in [4.78, 5) is 4.23. The van der Waals surface area contributed by atoms with E-state index in [4.69, 9.17) is 16.7 Å². The van der Waals surface area contributed by atoms with Crippen molar-refractivity contribution in [2.75, 3.05) is 0 Å². The summed E-state index contributed by atoms with van der Waals surface area (Å²) in [6.07, 6.45) is 1.54. The number of aromatic hydroxyl groups is 1. The highest BCUT2D eigenvalue weighted by atomic mass is 35.5. The Kier molecular flexibility index (Phi) is 3.97. The quantitative estimate of drug-likeness (QED) is 0.833. The van der Waals surface area contributed by atoms with E-state index in [2.05, 4.69) is 4.99 Å². The van der Waals surface area contributed by atoms with Crippen LogP contribution in [0.25, 0.3) is 0 Å². The molecule has 0 aliphatic rings. The van der Waals surface area contributed by atoms with Crippen LogP contribution in [0.4, 0.5) is 5.69 Å². The molecule has 2 aromatic carbocycles. The van der Waals surface area contributed by atoms with Crippen molar-refractivity contribution in [2.45, 2.75) is 6.61 Å². The summed E-state index contributed by atoms with van der Waals surface area (Å²) in [5.74, 6) is 0.126. The molecule has 3 nitrogen and oxygen atoms in total. The number of phenols is 1. The van der Waals surface area contributed by atoms with Gasteiger partial charge in [-0.25, -0.2) is 0 Å². The second kappa shape index (κ2) is 5.67. The molecule has 0 fully saturated rings. The molecule has 0 aliphatic carbocycles. The smallest absolute Gasteiger partial charge is 0.124 e. The molecule has 2 N–H and O–H groups in total. The number of aliphatic imine (C=N–C) groups is 1. The molecule has 0 bridgehead atoms. The zero-order valence-electron chi connectivity index (χ0n) is 9.55. The Morgan fingerprint density at radius 1 is 1.17 bits per heavy atom. The Bertz CT molecular complexity index is 582. The summed E-state index contributed by atoms with van der Waals surface area (Å²) in [7, 11) is 0. The van der Waals surface area contributed by atoms with Crippen molar-refractivity contribution < 1.29 is 10.2 Å². The fraction of sp³-hybridized carbons (Fsp3) is 0.0714. The predicted molar refractivity (Wildman–Crippen MR) is 72.7 cm³/mol. The number of nitrogens with zero attached hydrogens (tertiary/aromatic N) is 1. The Labute approximate surface area is 110 Å². The number of aliphatic hydroxyl groups excluding tert-OH is 1. The van der Waals surface area contributed by atoms with Crippen LogP contribution in [0.2, 0.25) is 5.02 Å². The monoisotopic (exact) mass is 261 g/mol. The minimum atomic E-state index is -0.0220. The Balaban J connectivity index is 2.26. The second-order valence-electron chi connectivity index (χ2n) is 3.79. The van der Waals surface area contributed by atoms with Gasteiger partial charge < -0.3 is 10.2 Å². The van der Waals surface area contributed by atoms with Crippen molar-refractivity contribution in [3.05, 3.63) is 58.6 Å². The lowest BCUT2D eigenvalue weighted by molar-refractivity contribution is 0.282. The van der Waals surface area contributed by atoms with Gasteiger partial charge >= 0.3 is 0 Å². The van der Waals surface area contributed by atoms with Crippen LogP contribution in [0.5, 0.6) is 5.75 Å². The van der Waals surface area contributed by atoms with Gasteiger partial charge in [-0.1, -0.05) is 23.7 Å². The molecule has 0 spiro atoms. The molecule has 0 amide bonds. The van der Waals surface area contributed by atoms with Gasteiger partial charge in [-0.05, 0) is 35.9 Å². The predicted octanol–water partition coefficient (Wildman–Crippen LogP) is 3.29. The van der Waals surface area contributed by atoms with E-state index in [-0.39, 0.29) is 12.4 Å². The summed E-state index contributed by atoms with van der Waals surface area (Å²) in [6, 6.07) is 12.0. The Hall–Kier alpha value is -1.84. The van der Waals surface area contributed by atoms with Gasteiger partial charge in [0.2, 0.25) is 0 Å². The number of halogens is 1. The van der Waals surface area contributed by atoms with Crippen LogP contribution in [-0.2, 0) is 6.61 Å². The first-order chi connectivity index (χ1) is 8.69. The molecular weight excluding hydrogens is 250 g/mol. The maximum atomic E-state index is 9.62. The maximum absolute atomic E-state index is 9.62. The van der Waals surface area contributed by atoms with Gasteiger partial charge in [0.25, 0.3) is 0 Å². The van der Waals surface area contributed by atoms with Crippen molar-refractivity contribution >= 4 is 23.5 Å². The van der Waals surface area contributed by atoms with E-state index in [1.807, 2.05) is 18.2 Å². The minimum absolute atomic E-state index is 0.0220. The molecule has 0 radical (unpaired) electrons. The van der Waals surface area contributed by atoms with Gasteiger partial charge in [0.05, 0.1) is 12.3 Å². The van der Waals surface area contributed by atoms with E-state index < -0.39 is 0 Å². The first kappa shape index (κ1) is 12.6. The van der Waals surface area contributed by atoms with Gasteiger partial charge in [0, 0.05) is 16.8 Å². The van der Waals surface area contributed by atoms with Crippen LogP contribution in [-0.4, -0.2) is 16.4 Å². The summed E-state index contributed by atoms with van der Waals surface area (Å²) >= 11 is 5.84. The molecule has 0 aromatic heterocycles. The maximum Gasteiger partial charge on any atom is 0.124 e. The fourth-order valence-electron chi connectivity index (χ4n) is 1.51. The number of aliphatic hydroxyl groups is 1. The van der Waals surface area contributed by atoms with Crippen LogP contribution in [0, 0.1) is 0 Å². The van der Waals surface area contributed by atoms with Gasteiger partial charge in [0.1, 0.15) is 5.75 Å². The van der Waals surface area contributed by atoms with Crippen molar-refractivity contribution in [2.24, 2.45) is 4.99 Å². The van der Waals surface area contributed by atoms with E-state index in [0.29, 0.717) is 16.3 Å². The van der Waals surface area contributed by atoms with Crippen LogP contribution < -0.4 is 0 Å². The van der Waals surface area contributed by atoms with Crippen molar-refractivity contribution in [3.63, 3.8) is 0 Å². The summed E-state index contributed by atoms with van der Waals surface area (Å²) in [6.45, 7) is -0.0220. The number of hydrogen-bond donors (Lipinski definition) is 2. The average Bonchev–Trinajstić information content (AvgIpc) is 2.40. The largest absolute Gasteiger partial charge is 0.507 e. The standard InChI is InChI=1S/C14H12ClNO2/c15-12-4-5-14(18)11(7-12)8-16-13-3-1-2-10(6-13)9-17/h1-8,17-18H,9H2. The molecule has 92 valence electrons. The van der Waals surface area contributed by atoms with Gasteiger partial charge in [-0.2, -0.15) is 0 Å².